The van der Waals surface area contributed by atoms with E-state index in [2.05, 4.69) is 36.1 Å². The van der Waals surface area contributed by atoms with Crippen molar-refractivity contribution in [2.45, 2.75) is 0 Å². The van der Waals surface area contributed by atoms with Crippen LogP contribution in [0.3, 0.4) is 0 Å². The summed E-state index contributed by atoms with van der Waals surface area (Å²) in [6.45, 7) is 0. The van der Waals surface area contributed by atoms with Crippen molar-refractivity contribution in [1.29, 1.82) is 0 Å². The van der Waals surface area contributed by atoms with E-state index >= 15 is 0 Å². The van der Waals surface area contributed by atoms with Crippen LogP contribution in [0, 0.1) is 24.7 Å². The third-order valence-electron chi connectivity index (χ3n) is 3.30. The summed E-state index contributed by atoms with van der Waals surface area (Å²) in [5, 5.41) is 0. The van der Waals surface area contributed by atoms with Gasteiger partial charge in [-0.15, -0.1) is 24.2 Å². The number of hydrogen-bond donors (Lipinski definition) is 0. The van der Waals surface area contributed by atoms with Crippen molar-refractivity contribution in [3.8, 4) is 46.9 Å². The molecule has 1 heterocycles. The zero-order valence-electron chi connectivity index (χ0n) is 11.3. The maximum atomic E-state index is 5.69. The molecule has 0 bridgehead atoms. The molecular weight excluding hydrogens is 272 g/mol. The van der Waals surface area contributed by atoms with E-state index in [4.69, 9.17) is 12.8 Å². The molecular formula is C20H12S. The van der Waals surface area contributed by atoms with Crippen LogP contribution < -0.4 is 0 Å². The highest BCUT2D eigenvalue weighted by Crippen LogP contribution is 2.42. The first kappa shape index (κ1) is 13.3. The minimum atomic E-state index is 0.882. The molecule has 0 N–H and O–H groups in total. The Labute approximate surface area is 129 Å². The lowest BCUT2D eigenvalue weighted by atomic mass is 9.95. The average Bonchev–Trinajstić information content (AvgIpc) is 2.95. The van der Waals surface area contributed by atoms with Crippen LogP contribution in [0.5, 0.6) is 0 Å². The molecule has 98 valence electrons. The second-order valence-electron chi connectivity index (χ2n) is 4.53. The van der Waals surface area contributed by atoms with Crippen molar-refractivity contribution in [1.82, 2.24) is 0 Å². The fourth-order valence-electron chi connectivity index (χ4n) is 2.39. The maximum Gasteiger partial charge on any atom is 0.0863 e. The highest BCUT2D eigenvalue weighted by Gasteiger charge is 2.18. The van der Waals surface area contributed by atoms with Crippen LogP contribution in [0.25, 0.3) is 22.3 Å². The van der Waals surface area contributed by atoms with E-state index in [0.717, 1.165) is 32.0 Å². The molecule has 3 aromatic rings. The summed E-state index contributed by atoms with van der Waals surface area (Å²) in [7, 11) is 0. The molecule has 0 fully saturated rings. The van der Waals surface area contributed by atoms with Gasteiger partial charge in [0, 0.05) is 11.1 Å². The quantitative estimate of drug-likeness (QED) is 0.578. The van der Waals surface area contributed by atoms with E-state index in [1.807, 2.05) is 36.4 Å². The Bertz CT molecular complexity index is 769. The lowest BCUT2D eigenvalue weighted by Crippen LogP contribution is -1.84. The van der Waals surface area contributed by atoms with E-state index in [9.17, 15) is 0 Å². The molecule has 0 radical (unpaired) electrons. The van der Waals surface area contributed by atoms with Crippen molar-refractivity contribution in [3.05, 3.63) is 70.4 Å². The van der Waals surface area contributed by atoms with Crippen LogP contribution >= 0.6 is 11.3 Å². The fourth-order valence-corrected chi connectivity index (χ4v) is 3.36. The first-order valence-corrected chi connectivity index (χ1v) is 7.37. The Morgan fingerprint density at radius 3 is 1.33 bits per heavy atom. The average molecular weight is 284 g/mol. The summed E-state index contributed by atoms with van der Waals surface area (Å²) < 4.78 is 0. The number of benzene rings is 2. The van der Waals surface area contributed by atoms with Gasteiger partial charge in [0.2, 0.25) is 0 Å². The summed E-state index contributed by atoms with van der Waals surface area (Å²) in [5.41, 5.74) is 4.31. The van der Waals surface area contributed by atoms with Crippen LogP contribution in [-0.4, -0.2) is 0 Å². The van der Waals surface area contributed by atoms with Gasteiger partial charge in [-0.2, -0.15) is 0 Å². The summed E-state index contributed by atoms with van der Waals surface area (Å²) in [6, 6.07) is 20.3. The molecule has 1 heteroatoms. The van der Waals surface area contributed by atoms with E-state index in [1.54, 1.807) is 0 Å². The lowest BCUT2D eigenvalue weighted by molar-refractivity contribution is 1.62. The molecule has 0 nitrogen and oxygen atoms in total. The second kappa shape index (κ2) is 5.71. The SMILES string of the molecule is C#Cc1sc(C#C)c(-c2ccccc2)c1-c1ccccc1. The third kappa shape index (κ3) is 2.36. The first-order chi connectivity index (χ1) is 10.3. The molecule has 0 atom stereocenters. The minimum Gasteiger partial charge on any atom is -0.117 e. The fraction of sp³-hybridized carbons (Fsp3) is 0. The standard InChI is InChI=1S/C20H12S/c1-3-17-19(15-11-7-5-8-12-15)20(18(4-2)21-17)16-13-9-6-10-14-16/h1-2,5-14H. The molecule has 1 aromatic heterocycles. The van der Waals surface area contributed by atoms with Crippen LogP contribution in [-0.2, 0) is 0 Å². The molecule has 0 aliphatic heterocycles. The van der Waals surface area contributed by atoms with Gasteiger partial charge in [0.05, 0.1) is 9.75 Å². The van der Waals surface area contributed by atoms with E-state index < -0.39 is 0 Å². The van der Waals surface area contributed by atoms with Crippen molar-refractivity contribution < 1.29 is 0 Å². The van der Waals surface area contributed by atoms with Crippen molar-refractivity contribution in [2.75, 3.05) is 0 Å². The zero-order valence-corrected chi connectivity index (χ0v) is 12.2. The second-order valence-corrected chi connectivity index (χ2v) is 5.55. The summed E-state index contributed by atoms with van der Waals surface area (Å²) >= 11 is 1.50. The van der Waals surface area contributed by atoms with Gasteiger partial charge in [-0.1, -0.05) is 72.5 Å². The van der Waals surface area contributed by atoms with Gasteiger partial charge >= 0.3 is 0 Å². The Morgan fingerprint density at radius 1 is 0.619 bits per heavy atom. The molecule has 21 heavy (non-hydrogen) atoms. The monoisotopic (exact) mass is 284 g/mol. The molecule has 0 aliphatic carbocycles. The largest absolute Gasteiger partial charge is 0.117 e. The Morgan fingerprint density at radius 2 is 1.00 bits per heavy atom. The maximum absolute atomic E-state index is 5.69. The van der Waals surface area contributed by atoms with E-state index in [0.29, 0.717) is 0 Å². The molecule has 0 spiro atoms. The highest BCUT2D eigenvalue weighted by molar-refractivity contribution is 7.14. The van der Waals surface area contributed by atoms with Crippen molar-refractivity contribution in [3.63, 3.8) is 0 Å². The normalized spacial score (nSPS) is 9.81. The summed E-state index contributed by atoms with van der Waals surface area (Å²) in [5.74, 6) is 5.56. The summed E-state index contributed by atoms with van der Waals surface area (Å²) in [6.07, 6.45) is 11.4. The predicted octanol–water partition coefficient (Wildman–Crippen LogP) is 5.04. The van der Waals surface area contributed by atoms with E-state index in [1.165, 1.54) is 11.3 Å². The first-order valence-electron chi connectivity index (χ1n) is 6.56. The van der Waals surface area contributed by atoms with Gasteiger partial charge < -0.3 is 0 Å². The van der Waals surface area contributed by atoms with Gasteiger partial charge in [-0.25, -0.2) is 0 Å². The number of hydrogen-bond acceptors (Lipinski definition) is 1. The smallest absolute Gasteiger partial charge is 0.0863 e. The topological polar surface area (TPSA) is 0 Å². The number of thiophene rings is 1. The van der Waals surface area contributed by atoms with Crippen molar-refractivity contribution in [2.24, 2.45) is 0 Å². The number of terminal acetylenes is 2. The van der Waals surface area contributed by atoms with Crippen molar-refractivity contribution >= 4 is 11.3 Å². The molecule has 0 saturated carbocycles. The summed E-state index contributed by atoms with van der Waals surface area (Å²) in [4.78, 5) is 1.76. The molecule has 0 aliphatic rings. The lowest BCUT2D eigenvalue weighted by Gasteiger charge is -2.07. The third-order valence-corrected chi connectivity index (χ3v) is 4.35. The molecule has 3 rings (SSSR count). The van der Waals surface area contributed by atoms with Gasteiger partial charge in [0.1, 0.15) is 0 Å². The van der Waals surface area contributed by atoms with Gasteiger partial charge in [0.15, 0.2) is 0 Å². The van der Waals surface area contributed by atoms with Gasteiger partial charge in [-0.3, -0.25) is 0 Å². The van der Waals surface area contributed by atoms with Crippen LogP contribution in [0.15, 0.2) is 60.7 Å². The Hall–Kier alpha value is -2.74. The molecule has 0 saturated heterocycles. The molecule has 0 unspecified atom stereocenters. The number of rotatable bonds is 2. The Kier molecular flexibility index (Phi) is 3.61. The van der Waals surface area contributed by atoms with E-state index in [-0.39, 0.29) is 0 Å². The van der Waals surface area contributed by atoms with Gasteiger partial charge in [-0.05, 0) is 11.1 Å². The van der Waals surface area contributed by atoms with Crippen LogP contribution in [0.2, 0.25) is 0 Å². The molecule has 0 amide bonds. The van der Waals surface area contributed by atoms with Crippen LogP contribution in [0.4, 0.5) is 0 Å². The van der Waals surface area contributed by atoms with Crippen LogP contribution in [0.1, 0.15) is 9.75 Å². The molecule has 2 aromatic carbocycles. The van der Waals surface area contributed by atoms with Gasteiger partial charge in [0.25, 0.3) is 0 Å². The highest BCUT2D eigenvalue weighted by atomic mass is 32.1. The predicted molar refractivity (Wildman–Crippen MR) is 91.1 cm³/mol. The Balaban J connectivity index is 2.36. The minimum absolute atomic E-state index is 0.882. The zero-order chi connectivity index (χ0) is 14.7.